The molecular formula is C15H17FN2O2. The molecule has 0 spiro atoms. The fourth-order valence-corrected chi connectivity index (χ4v) is 2.00. The highest BCUT2D eigenvalue weighted by molar-refractivity contribution is 5.53. The molecule has 2 aromatic rings. The lowest BCUT2D eigenvalue weighted by Gasteiger charge is -2.14. The quantitative estimate of drug-likeness (QED) is 0.911. The number of para-hydroxylation sites is 1. The summed E-state index contributed by atoms with van der Waals surface area (Å²) >= 11 is 0. The van der Waals surface area contributed by atoms with Crippen LogP contribution >= 0.6 is 0 Å². The van der Waals surface area contributed by atoms with Gasteiger partial charge in [-0.3, -0.25) is 4.98 Å². The molecule has 1 aromatic heterocycles. The van der Waals surface area contributed by atoms with Gasteiger partial charge in [-0.25, -0.2) is 4.39 Å². The van der Waals surface area contributed by atoms with E-state index in [2.05, 4.69) is 10.3 Å². The highest BCUT2D eigenvalue weighted by atomic mass is 19.1. The van der Waals surface area contributed by atoms with Gasteiger partial charge >= 0.3 is 0 Å². The number of aromatic nitrogens is 1. The van der Waals surface area contributed by atoms with Crippen LogP contribution in [-0.2, 0) is 6.54 Å². The van der Waals surface area contributed by atoms with Gasteiger partial charge in [-0.1, -0.05) is 12.1 Å². The summed E-state index contributed by atoms with van der Waals surface area (Å²) in [7, 11) is 3.12. The van der Waals surface area contributed by atoms with Gasteiger partial charge in [0.2, 0.25) is 0 Å². The van der Waals surface area contributed by atoms with Gasteiger partial charge in [0.1, 0.15) is 11.5 Å². The van der Waals surface area contributed by atoms with E-state index in [0.717, 1.165) is 5.56 Å². The molecule has 0 amide bonds. The van der Waals surface area contributed by atoms with Crippen molar-refractivity contribution in [3.8, 4) is 11.5 Å². The van der Waals surface area contributed by atoms with E-state index in [0.29, 0.717) is 29.4 Å². The Morgan fingerprint density at radius 3 is 2.65 bits per heavy atom. The Labute approximate surface area is 117 Å². The lowest BCUT2D eigenvalue weighted by atomic mass is 10.2. The van der Waals surface area contributed by atoms with Gasteiger partial charge in [-0.15, -0.1) is 0 Å². The topological polar surface area (TPSA) is 43.4 Å². The van der Waals surface area contributed by atoms with E-state index in [1.54, 1.807) is 32.5 Å². The van der Waals surface area contributed by atoms with Gasteiger partial charge < -0.3 is 14.8 Å². The minimum atomic E-state index is -0.285. The van der Waals surface area contributed by atoms with Crippen LogP contribution in [0.15, 0.2) is 30.5 Å². The Kier molecular flexibility index (Phi) is 4.40. The standard InChI is InChI=1S/C15H17FN2O2/c1-10-5-4-6-11(16)14(10)18-9-12-15(20-3)13(19-2)7-8-17-12/h4-8,18H,9H2,1-3H3. The largest absolute Gasteiger partial charge is 0.493 e. The second-order valence-corrected chi connectivity index (χ2v) is 4.28. The Morgan fingerprint density at radius 1 is 1.20 bits per heavy atom. The maximum Gasteiger partial charge on any atom is 0.184 e. The summed E-state index contributed by atoms with van der Waals surface area (Å²) in [5.74, 6) is 0.868. The molecule has 0 fully saturated rings. The number of methoxy groups -OCH3 is 2. The van der Waals surface area contributed by atoms with Gasteiger partial charge in [0.25, 0.3) is 0 Å². The molecule has 1 heterocycles. The fraction of sp³-hybridized carbons (Fsp3) is 0.267. The highest BCUT2D eigenvalue weighted by Crippen LogP contribution is 2.30. The molecule has 0 aliphatic carbocycles. The van der Waals surface area contributed by atoms with Crippen LogP contribution in [-0.4, -0.2) is 19.2 Å². The summed E-state index contributed by atoms with van der Waals surface area (Å²) in [5, 5.41) is 3.05. The minimum Gasteiger partial charge on any atom is -0.493 e. The lowest BCUT2D eigenvalue weighted by Crippen LogP contribution is -2.07. The average molecular weight is 276 g/mol. The van der Waals surface area contributed by atoms with E-state index in [-0.39, 0.29) is 5.82 Å². The Balaban J connectivity index is 2.23. The number of benzene rings is 1. The minimum absolute atomic E-state index is 0.285. The van der Waals surface area contributed by atoms with Crippen molar-refractivity contribution in [2.45, 2.75) is 13.5 Å². The summed E-state index contributed by atoms with van der Waals surface area (Å²) < 4.78 is 24.2. The van der Waals surface area contributed by atoms with E-state index in [1.165, 1.54) is 6.07 Å². The predicted octanol–water partition coefficient (Wildman–Crippen LogP) is 3.16. The van der Waals surface area contributed by atoms with E-state index in [1.807, 2.05) is 13.0 Å². The van der Waals surface area contributed by atoms with Crippen molar-refractivity contribution in [3.05, 3.63) is 47.5 Å². The molecule has 0 aliphatic heterocycles. The van der Waals surface area contributed by atoms with Gasteiger partial charge in [0.15, 0.2) is 11.5 Å². The monoisotopic (exact) mass is 276 g/mol. The van der Waals surface area contributed by atoms with Gasteiger partial charge in [-0.2, -0.15) is 0 Å². The number of hydrogen-bond donors (Lipinski definition) is 1. The van der Waals surface area contributed by atoms with E-state index in [4.69, 9.17) is 9.47 Å². The van der Waals surface area contributed by atoms with Gasteiger partial charge in [0.05, 0.1) is 26.5 Å². The third-order valence-electron chi connectivity index (χ3n) is 3.02. The molecule has 0 radical (unpaired) electrons. The van der Waals surface area contributed by atoms with Crippen LogP contribution in [0.5, 0.6) is 11.5 Å². The number of nitrogens with zero attached hydrogens (tertiary/aromatic N) is 1. The molecular weight excluding hydrogens is 259 g/mol. The first-order valence-electron chi connectivity index (χ1n) is 6.22. The van der Waals surface area contributed by atoms with Crippen molar-refractivity contribution in [3.63, 3.8) is 0 Å². The van der Waals surface area contributed by atoms with Crippen LogP contribution in [0, 0.1) is 12.7 Å². The number of anilines is 1. The normalized spacial score (nSPS) is 10.2. The fourth-order valence-electron chi connectivity index (χ4n) is 2.00. The number of halogens is 1. The van der Waals surface area contributed by atoms with Crippen LogP contribution in [0.3, 0.4) is 0 Å². The molecule has 106 valence electrons. The number of nitrogens with one attached hydrogen (secondary N) is 1. The lowest BCUT2D eigenvalue weighted by molar-refractivity contribution is 0.350. The van der Waals surface area contributed by atoms with Crippen molar-refractivity contribution in [2.75, 3.05) is 19.5 Å². The van der Waals surface area contributed by atoms with Gasteiger partial charge in [0, 0.05) is 12.3 Å². The molecule has 2 rings (SSSR count). The molecule has 0 unspecified atom stereocenters. The summed E-state index contributed by atoms with van der Waals surface area (Å²) in [6, 6.07) is 6.67. The predicted molar refractivity (Wildman–Crippen MR) is 75.8 cm³/mol. The van der Waals surface area contributed by atoms with Crippen LogP contribution < -0.4 is 14.8 Å². The highest BCUT2D eigenvalue weighted by Gasteiger charge is 2.12. The Bertz CT molecular complexity index is 582. The molecule has 0 atom stereocenters. The zero-order valence-corrected chi connectivity index (χ0v) is 11.7. The van der Waals surface area contributed by atoms with Crippen molar-refractivity contribution in [1.29, 1.82) is 0 Å². The van der Waals surface area contributed by atoms with Crippen molar-refractivity contribution >= 4 is 5.69 Å². The smallest absolute Gasteiger partial charge is 0.184 e. The molecule has 4 nitrogen and oxygen atoms in total. The SMILES string of the molecule is COc1ccnc(CNc2c(C)cccc2F)c1OC. The van der Waals surface area contributed by atoms with E-state index in [9.17, 15) is 4.39 Å². The average Bonchev–Trinajstić information content (AvgIpc) is 2.46. The molecule has 0 saturated carbocycles. The molecule has 1 N–H and O–H groups in total. The first kappa shape index (κ1) is 14.1. The molecule has 20 heavy (non-hydrogen) atoms. The molecule has 1 aromatic carbocycles. The summed E-state index contributed by atoms with van der Waals surface area (Å²) in [4.78, 5) is 4.24. The van der Waals surface area contributed by atoms with Crippen LogP contribution in [0.4, 0.5) is 10.1 Å². The number of pyridine rings is 1. The number of ether oxygens (including phenoxy) is 2. The van der Waals surface area contributed by atoms with Crippen LogP contribution in [0.25, 0.3) is 0 Å². The molecule has 0 aliphatic rings. The van der Waals surface area contributed by atoms with Crippen molar-refractivity contribution < 1.29 is 13.9 Å². The summed E-state index contributed by atoms with van der Waals surface area (Å²) in [5.41, 5.74) is 1.97. The van der Waals surface area contributed by atoms with E-state index < -0.39 is 0 Å². The number of hydrogen-bond acceptors (Lipinski definition) is 4. The molecule has 0 saturated heterocycles. The Morgan fingerprint density at radius 2 is 2.00 bits per heavy atom. The first-order valence-corrected chi connectivity index (χ1v) is 6.22. The maximum atomic E-state index is 13.7. The zero-order valence-electron chi connectivity index (χ0n) is 11.7. The first-order chi connectivity index (χ1) is 9.67. The molecule has 0 bridgehead atoms. The van der Waals surface area contributed by atoms with E-state index >= 15 is 0 Å². The summed E-state index contributed by atoms with van der Waals surface area (Å²) in [6.45, 7) is 2.20. The van der Waals surface area contributed by atoms with Gasteiger partial charge in [-0.05, 0) is 18.6 Å². The van der Waals surface area contributed by atoms with Crippen molar-refractivity contribution in [1.82, 2.24) is 4.98 Å². The second kappa shape index (κ2) is 6.23. The Hall–Kier alpha value is -2.30. The summed E-state index contributed by atoms with van der Waals surface area (Å²) in [6.07, 6.45) is 1.63. The number of rotatable bonds is 5. The zero-order chi connectivity index (χ0) is 14.5. The number of aryl methyl sites for hydroxylation is 1. The maximum absolute atomic E-state index is 13.7. The third kappa shape index (κ3) is 2.82. The van der Waals surface area contributed by atoms with Crippen LogP contribution in [0.2, 0.25) is 0 Å². The third-order valence-corrected chi connectivity index (χ3v) is 3.02. The molecule has 5 heteroatoms. The van der Waals surface area contributed by atoms with Crippen molar-refractivity contribution in [2.24, 2.45) is 0 Å². The van der Waals surface area contributed by atoms with Crippen LogP contribution in [0.1, 0.15) is 11.3 Å². The second-order valence-electron chi connectivity index (χ2n) is 4.28.